The largest absolute Gasteiger partial charge is 0.427 e. The molecule has 5 nitrogen and oxygen atoms in total. The van der Waals surface area contributed by atoms with Gasteiger partial charge in [-0.1, -0.05) is 65.4 Å². The second-order valence-electron chi connectivity index (χ2n) is 8.42. The van der Waals surface area contributed by atoms with E-state index in [1.807, 2.05) is 0 Å². The van der Waals surface area contributed by atoms with Crippen LogP contribution in [0.2, 0.25) is 0 Å². The number of aliphatic hydroxyl groups excluding tert-OH is 1. The molecule has 0 amide bonds. The van der Waals surface area contributed by atoms with Gasteiger partial charge < -0.3 is 19.7 Å². The molecule has 2 atom stereocenters. The average molecular weight is 401 g/mol. The number of carbonyl (C=O) groups is 1. The Balaban J connectivity index is 3.61. The van der Waals surface area contributed by atoms with Crippen LogP contribution in [0, 0.1) is 5.92 Å². The van der Waals surface area contributed by atoms with Crippen molar-refractivity contribution in [2.24, 2.45) is 5.92 Å². The van der Waals surface area contributed by atoms with Crippen molar-refractivity contribution >= 4 is 5.97 Å². The molecule has 5 heteroatoms. The van der Waals surface area contributed by atoms with Crippen LogP contribution < -0.4 is 0 Å². The zero-order valence-corrected chi connectivity index (χ0v) is 18.7. The molecule has 0 saturated heterocycles. The molecule has 0 fully saturated rings. The van der Waals surface area contributed by atoms with Gasteiger partial charge in [0.2, 0.25) is 5.79 Å². The molecule has 0 radical (unpaired) electrons. The summed E-state index contributed by atoms with van der Waals surface area (Å²) in [4.78, 5) is 11.6. The summed E-state index contributed by atoms with van der Waals surface area (Å²) < 4.78 is 10.7. The van der Waals surface area contributed by atoms with E-state index < -0.39 is 17.9 Å². The third-order valence-corrected chi connectivity index (χ3v) is 4.91. The van der Waals surface area contributed by atoms with E-state index >= 15 is 0 Å². The lowest BCUT2D eigenvalue weighted by atomic mass is 10.0. The third kappa shape index (κ3) is 14.1. The van der Waals surface area contributed by atoms with Gasteiger partial charge in [0.1, 0.15) is 6.10 Å². The van der Waals surface area contributed by atoms with Crippen LogP contribution in [0.15, 0.2) is 12.2 Å². The van der Waals surface area contributed by atoms with Crippen LogP contribution in [-0.2, 0) is 14.3 Å². The molecule has 0 saturated carbocycles. The normalized spacial score (nSPS) is 14.7. The van der Waals surface area contributed by atoms with E-state index in [2.05, 4.69) is 20.4 Å². The molecule has 0 rings (SSSR count). The number of carbonyl (C=O) groups excluding carboxylic acids is 1. The van der Waals surface area contributed by atoms with Crippen LogP contribution in [-0.4, -0.2) is 41.3 Å². The van der Waals surface area contributed by atoms with Gasteiger partial charge in [0.25, 0.3) is 0 Å². The lowest BCUT2D eigenvalue weighted by Crippen LogP contribution is -2.45. The molecule has 0 spiro atoms. The van der Waals surface area contributed by atoms with E-state index in [-0.39, 0.29) is 12.0 Å². The quantitative estimate of drug-likeness (QED) is 0.144. The smallest absolute Gasteiger partial charge is 0.335 e. The molecule has 0 heterocycles. The fraction of sp³-hybridized carbons (Fsp3) is 0.870. The summed E-state index contributed by atoms with van der Waals surface area (Å²) >= 11 is 0. The first-order valence-corrected chi connectivity index (χ1v) is 11.1. The minimum absolute atomic E-state index is 0.205. The molecule has 166 valence electrons. The first kappa shape index (κ1) is 27.1. The van der Waals surface area contributed by atoms with Gasteiger partial charge in [-0.15, -0.1) is 0 Å². The molecule has 0 aliphatic heterocycles. The standard InChI is InChI=1S/C23H44O5/c1-19(2)15-11-10-14-18-27-17-13-9-7-6-8-12-16-23(26,21(5)24)28-22(25)20(3)4/h19,21,24,26H,3,6-18H2,1-2,4-5H3. The first-order valence-electron chi connectivity index (χ1n) is 11.1. The summed E-state index contributed by atoms with van der Waals surface area (Å²) in [5.74, 6) is -1.71. The van der Waals surface area contributed by atoms with Crippen LogP contribution in [0.25, 0.3) is 0 Å². The summed E-state index contributed by atoms with van der Waals surface area (Å²) in [6, 6.07) is 0. The molecule has 0 bridgehead atoms. The molecule has 28 heavy (non-hydrogen) atoms. The second kappa shape index (κ2) is 15.9. The zero-order chi connectivity index (χ0) is 21.4. The van der Waals surface area contributed by atoms with Gasteiger partial charge in [0.15, 0.2) is 0 Å². The van der Waals surface area contributed by atoms with E-state index in [0.717, 1.165) is 57.7 Å². The Kier molecular flexibility index (Phi) is 15.4. The first-order chi connectivity index (χ1) is 13.2. The fourth-order valence-corrected chi connectivity index (χ4v) is 2.92. The van der Waals surface area contributed by atoms with Gasteiger partial charge >= 0.3 is 5.97 Å². The molecule has 0 aromatic rings. The number of unbranched alkanes of at least 4 members (excludes halogenated alkanes) is 7. The van der Waals surface area contributed by atoms with Crippen molar-refractivity contribution < 1.29 is 24.5 Å². The average Bonchev–Trinajstić information content (AvgIpc) is 2.61. The maximum atomic E-state index is 11.6. The number of hydrogen-bond acceptors (Lipinski definition) is 5. The Hall–Kier alpha value is -0.910. The Morgan fingerprint density at radius 1 is 0.929 bits per heavy atom. The second-order valence-corrected chi connectivity index (χ2v) is 8.42. The highest BCUT2D eigenvalue weighted by Gasteiger charge is 2.36. The topological polar surface area (TPSA) is 76.0 Å². The fourth-order valence-electron chi connectivity index (χ4n) is 2.92. The Morgan fingerprint density at radius 3 is 1.93 bits per heavy atom. The molecule has 2 N–H and O–H groups in total. The van der Waals surface area contributed by atoms with Crippen molar-refractivity contribution in [3.63, 3.8) is 0 Å². The number of hydrogen-bond donors (Lipinski definition) is 2. The van der Waals surface area contributed by atoms with Crippen molar-refractivity contribution in [1.29, 1.82) is 0 Å². The van der Waals surface area contributed by atoms with Crippen LogP contribution in [0.5, 0.6) is 0 Å². The molecule has 0 aromatic heterocycles. The molecule has 2 unspecified atom stereocenters. The summed E-state index contributed by atoms with van der Waals surface area (Å²) in [7, 11) is 0. The van der Waals surface area contributed by atoms with Crippen molar-refractivity contribution in [1.82, 2.24) is 0 Å². The summed E-state index contributed by atoms with van der Waals surface area (Å²) in [6.07, 6.45) is 10.1. The van der Waals surface area contributed by atoms with Gasteiger partial charge in [-0.25, -0.2) is 4.79 Å². The van der Waals surface area contributed by atoms with Gasteiger partial charge in [-0.05, 0) is 39.0 Å². The van der Waals surface area contributed by atoms with E-state index in [1.165, 1.54) is 33.1 Å². The van der Waals surface area contributed by atoms with Crippen molar-refractivity contribution in [2.75, 3.05) is 13.2 Å². The van der Waals surface area contributed by atoms with E-state index in [4.69, 9.17) is 9.47 Å². The summed E-state index contributed by atoms with van der Waals surface area (Å²) in [5.41, 5.74) is 0.205. The number of rotatable bonds is 18. The van der Waals surface area contributed by atoms with Crippen molar-refractivity contribution in [2.45, 2.75) is 110 Å². The summed E-state index contributed by atoms with van der Waals surface area (Å²) in [5, 5.41) is 20.1. The van der Waals surface area contributed by atoms with Crippen LogP contribution in [0.3, 0.4) is 0 Å². The molecule has 0 aliphatic rings. The van der Waals surface area contributed by atoms with Crippen LogP contribution >= 0.6 is 0 Å². The van der Waals surface area contributed by atoms with E-state index in [1.54, 1.807) is 0 Å². The number of aliphatic hydroxyl groups is 2. The molecular formula is C23H44O5. The van der Waals surface area contributed by atoms with Crippen LogP contribution in [0.4, 0.5) is 0 Å². The predicted molar refractivity (Wildman–Crippen MR) is 114 cm³/mol. The highest BCUT2D eigenvalue weighted by atomic mass is 16.7. The highest BCUT2D eigenvalue weighted by Crippen LogP contribution is 2.23. The lowest BCUT2D eigenvalue weighted by Gasteiger charge is -2.30. The maximum Gasteiger partial charge on any atom is 0.335 e. The Bertz CT molecular complexity index is 419. The van der Waals surface area contributed by atoms with Gasteiger partial charge in [0, 0.05) is 25.2 Å². The van der Waals surface area contributed by atoms with Crippen molar-refractivity contribution in [3.05, 3.63) is 12.2 Å². The molecule has 0 aromatic carbocycles. The van der Waals surface area contributed by atoms with Gasteiger partial charge in [-0.2, -0.15) is 0 Å². The Labute approximate surface area is 172 Å². The minimum atomic E-state index is -1.83. The summed E-state index contributed by atoms with van der Waals surface area (Å²) in [6.45, 7) is 12.7. The third-order valence-electron chi connectivity index (χ3n) is 4.91. The Morgan fingerprint density at radius 2 is 1.43 bits per heavy atom. The van der Waals surface area contributed by atoms with Crippen molar-refractivity contribution in [3.8, 4) is 0 Å². The number of ether oxygens (including phenoxy) is 2. The maximum absolute atomic E-state index is 11.6. The van der Waals surface area contributed by atoms with Crippen LogP contribution in [0.1, 0.15) is 98.3 Å². The molecular weight excluding hydrogens is 356 g/mol. The minimum Gasteiger partial charge on any atom is -0.427 e. The lowest BCUT2D eigenvalue weighted by molar-refractivity contribution is -0.244. The predicted octanol–water partition coefficient (Wildman–Crippen LogP) is 5.14. The van der Waals surface area contributed by atoms with Gasteiger partial charge in [0.05, 0.1) is 0 Å². The number of esters is 1. The van der Waals surface area contributed by atoms with E-state index in [9.17, 15) is 15.0 Å². The SMILES string of the molecule is C=C(C)C(=O)OC(O)(CCCCCCCCOCCCCCC(C)C)C(C)O. The monoisotopic (exact) mass is 400 g/mol. The van der Waals surface area contributed by atoms with E-state index in [0.29, 0.717) is 6.42 Å². The molecule has 0 aliphatic carbocycles. The van der Waals surface area contributed by atoms with Gasteiger partial charge in [-0.3, -0.25) is 0 Å². The zero-order valence-electron chi connectivity index (χ0n) is 18.7. The highest BCUT2D eigenvalue weighted by molar-refractivity contribution is 5.87.